The van der Waals surface area contributed by atoms with Crippen LogP contribution in [0.4, 0.5) is 4.79 Å². The number of carbonyl (C=O) groups is 1. The standard InChI is InChI=1S/C17H35N3O2/c1-17(2,3)22-16(21)19-11-6-12-20-13-8-15(9-14-20)7-4-5-10-18/h15H,4-14,18H2,1-3H3,(H,19,21). The Morgan fingerprint density at radius 1 is 1.23 bits per heavy atom. The average Bonchev–Trinajstić information content (AvgIpc) is 2.43. The molecule has 0 atom stereocenters. The number of unbranched alkanes of at least 4 members (excludes halogenated alkanes) is 1. The first kappa shape index (κ1) is 19.2. The third kappa shape index (κ3) is 9.26. The predicted octanol–water partition coefficient (Wildman–Crippen LogP) is 2.74. The van der Waals surface area contributed by atoms with Gasteiger partial charge in [0.2, 0.25) is 0 Å². The number of alkyl carbamates (subject to hydrolysis) is 1. The third-order valence-corrected chi connectivity index (χ3v) is 4.09. The van der Waals surface area contributed by atoms with Crippen LogP contribution in [0.3, 0.4) is 0 Å². The van der Waals surface area contributed by atoms with Gasteiger partial charge in [-0.3, -0.25) is 0 Å². The van der Waals surface area contributed by atoms with E-state index in [9.17, 15) is 4.79 Å². The quantitative estimate of drug-likeness (QED) is 0.676. The zero-order valence-corrected chi connectivity index (χ0v) is 14.7. The van der Waals surface area contributed by atoms with Crippen molar-refractivity contribution in [3.05, 3.63) is 0 Å². The number of ether oxygens (including phenoxy) is 1. The number of amides is 1. The molecular formula is C17H35N3O2. The maximum absolute atomic E-state index is 11.5. The number of hydrogen-bond acceptors (Lipinski definition) is 4. The van der Waals surface area contributed by atoms with Gasteiger partial charge in [0.25, 0.3) is 0 Å². The minimum absolute atomic E-state index is 0.314. The second-order valence-corrected chi connectivity index (χ2v) is 7.35. The minimum atomic E-state index is -0.421. The van der Waals surface area contributed by atoms with Crippen molar-refractivity contribution in [2.75, 3.05) is 32.7 Å². The summed E-state index contributed by atoms with van der Waals surface area (Å²) in [6, 6.07) is 0. The van der Waals surface area contributed by atoms with Gasteiger partial charge in [0.15, 0.2) is 0 Å². The molecule has 0 spiro atoms. The third-order valence-electron chi connectivity index (χ3n) is 4.09. The molecule has 1 rings (SSSR count). The summed E-state index contributed by atoms with van der Waals surface area (Å²) in [6.07, 6.45) is 7.07. The Hall–Kier alpha value is -0.810. The van der Waals surface area contributed by atoms with Gasteiger partial charge in [0, 0.05) is 6.54 Å². The molecule has 1 aliphatic rings. The lowest BCUT2D eigenvalue weighted by atomic mass is 9.91. The van der Waals surface area contributed by atoms with Crippen LogP contribution < -0.4 is 11.1 Å². The largest absolute Gasteiger partial charge is 0.444 e. The van der Waals surface area contributed by atoms with Crippen LogP contribution in [-0.4, -0.2) is 49.3 Å². The van der Waals surface area contributed by atoms with Crippen molar-refractivity contribution < 1.29 is 9.53 Å². The van der Waals surface area contributed by atoms with Crippen molar-refractivity contribution in [2.24, 2.45) is 11.7 Å². The molecule has 1 heterocycles. The molecule has 0 saturated carbocycles. The fraction of sp³-hybridized carbons (Fsp3) is 0.941. The molecule has 0 aromatic heterocycles. The lowest BCUT2D eigenvalue weighted by Gasteiger charge is -2.32. The molecule has 22 heavy (non-hydrogen) atoms. The molecule has 0 unspecified atom stereocenters. The molecule has 0 bridgehead atoms. The highest BCUT2D eigenvalue weighted by Gasteiger charge is 2.19. The van der Waals surface area contributed by atoms with E-state index in [1.54, 1.807) is 0 Å². The molecule has 1 fully saturated rings. The highest BCUT2D eigenvalue weighted by molar-refractivity contribution is 5.67. The van der Waals surface area contributed by atoms with Gasteiger partial charge in [-0.25, -0.2) is 4.79 Å². The van der Waals surface area contributed by atoms with Crippen molar-refractivity contribution in [2.45, 2.75) is 64.9 Å². The summed E-state index contributed by atoms with van der Waals surface area (Å²) in [5.74, 6) is 0.891. The maximum Gasteiger partial charge on any atom is 0.407 e. The van der Waals surface area contributed by atoms with Crippen molar-refractivity contribution in [3.8, 4) is 0 Å². The fourth-order valence-electron chi connectivity index (χ4n) is 2.88. The van der Waals surface area contributed by atoms with E-state index in [0.29, 0.717) is 6.54 Å². The van der Waals surface area contributed by atoms with Crippen LogP contribution >= 0.6 is 0 Å². The first-order valence-electron chi connectivity index (χ1n) is 8.80. The monoisotopic (exact) mass is 313 g/mol. The van der Waals surface area contributed by atoms with E-state index in [-0.39, 0.29) is 6.09 Å². The lowest BCUT2D eigenvalue weighted by Crippen LogP contribution is -2.37. The SMILES string of the molecule is CC(C)(C)OC(=O)NCCCN1CCC(CCCCN)CC1. The van der Waals surface area contributed by atoms with Crippen LogP contribution in [0.25, 0.3) is 0 Å². The van der Waals surface area contributed by atoms with Crippen molar-refractivity contribution in [3.63, 3.8) is 0 Å². The van der Waals surface area contributed by atoms with E-state index in [2.05, 4.69) is 10.2 Å². The zero-order chi connectivity index (χ0) is 16.4. The minimum Gasteiger partial charge on any atom is -0.444 e. The summed E-state index contributed by atoms with van der Waals surface area (Å²) in [4.78, 5) is 14.0. The second kappa shape index (κ2) is 10.1. The van der Waals surface area contributed by atoms with Crippen LogP contribution in [0.15, 0.2) is 0 Å². The van der Waals surface area contributed by atoms with E-state index in [1.807, 2.05) is 20.8 Å². The second-order valence-electron chi connectivity index (χ2n) is 7.35. The number of likely N-dealkylation sites (tertiary alicyclic amines) is 1. The normalized spacial score (nSPS) is 17.5. The van der Waals surface area contributed by atoms with E-state index >= 15 is 0 Å². The molecule has 5 nitrogen and oxygen atoms in total. The van der Waals surface area contributed by atoms with Gasteiger partial charge in [0.1, 0.15) is 5.60 Å². The van der Waals surface area contributed by atoms with Crippen LogP contribution in [-0.2, 0) is 4.74 Å². The Morgan fingerprint density at radius 2 is 1.91 bits per heavy atom. The highest BCUT2D eigenvalue weighted by Crippen LogP contribution is 2.22. The highest BCUT2D eigenvalue weighted by atomic mass is 16.6. The zero-order valence-electron chi connectivity index (χ0n) is 14.7. The molecule has 130 valence electrons. The summed E-state index contributed by atoms with van der Waals surface area (Å²) in [5, 5.41) is 2.82. The molecule has 0 aromatic carbocycles. The fourth-order valence-corrected chi connectivity index (χ4v) is 2.88. The molecule has 5 heteroatoms. The molecule has 0 radical (unpaired) electrons. The maximum atomic E-state index is 11.5. The molecule has 3 N–H and O–H groups in total. The first-order chi connectivity index (χ1) is 10.4. The number of carbonyl (C=O) groups excluding carboxylic acids is 1. The van der Waals surface area contributed by atoms with E-state index in [4.69, 9.17) is 10.5 Å². The topological polar surface area (TPSA) is 67.6 Å². The van der Waals surface area contributed by atoms with Crippen LogP contribution in [0.2, 0.25) is 0 Å². The summed E-state index contributed by atoms with van der Waals surface area (Å²) in [6.45, 7) is 10.6. The first-order valence-corrected chi connectivity index (χ1v) is 8.80. The Bertz CT molecular complexity index is 308. The number of piperidine rings is 1. The van der Waals surface area contributed by atoms with Gasteiger partial charge < -0.3 is 20.7 Å². The van der Waals surface area contributed by atoms with Crippen LogP contribution in [0, 0.1) is 5.92 Å². The molecule has 1 aliphatic heterocycles. The number of rotatable bonds is 8. The van der Waals surface area contributed by atoms with E-state index < -0.39 is 5.60 Å². The summed E-state index contributed by atoms with van der Waals surface area (Å²) in [7, 11) is 0. The Labute approximate surface area is 135 Å². The predicted molar refractivity (Wildman–Crippen MR) is 90.9 cm³/mol. The Balaban J connectivity index is 2.02. The van der Waals surface area contributed by atoms with Gasteiger partial charge in [-0.1, -0.05) is 12.8 Å². The average molecular weight is 313 g/mol. The molecular weight excluding hydrogens is 278 g/mol. The van der Waals surface area contributed by atoms with Crippen LogP contribution in [0.1, 0.15) is 59.3 Å². The van der Waals surface area contributed by atoms with E-state index in [1.165, 1.54) is 38.8 Å². The number of nitrogens with two attached hydrogens (primary N) is 1. The number of hydrogen-bond donors (Lipinski definition) is 2. The van der Waals surface area contributed by atoms with Gasteiger partial charge in [-0.05, 0) is 78.6 Å². The van der Waals surface area contributed by atoms with Crippen LogP contribution in [0.5, 0.6) is 0 Å². The van der Waals surface area contributed by atoms with Gasteiger partial charge in [0.05, 0.1) is 0 Å². The lowest BCUT2D eigenvalue weighted by molar-refractivity contribution is 0.0525. The summed E-state index contributed by atoms with van der Waals surface area (Å²) in [5.41, 5.74) is 5.12. The van der Waals surface area contributed by atoms with E-state index in [0.717, 1.165) is 31.8 Å². The number of nitrogens with one attached hydrogen (secondary N) is 1. The summed E-state index contributed by atoms with van der Waals surface area (Å²) < 4.78 is 5.22. The Morgan fingerprint density at radius 3 is 2.50 bits per heavy atom. The molecule has 0 aromatic rings. The van der Waals surface area contributed by atoms with Crippen molar-refractivity contribution >= 4 is 6.09 Å². The smallest absolute Gasteiger partial charge is 0.407 e. The molecule has 0 aliphatic carbocycles. The van der Waals surface area contributed by atoms with Gasteiger partial charge in [-0.15, -0.1) is 0 Å². The molecule has 1 saturated heterocycles. The summed E-state index contributed by atoms with van der Waals surface area (Å²) >= 11 is 0. The Kier molecular flexibility index (Phi) is 8.79. The molecule has 1 amide bonds. The van der Waals surface area contributed by atoms with Crippen molar-refractivity contribution in [1.82, 2.24) is 10.2 Å². The van der Waals surface area contributed by atoms with Gasteiger partial charge in [-0.2, -0.15) is 0 Å². The van der Waals surface area contributed by atoms with Gasteiger partial charge >= 0.3 is 6.09 Å². The van der Waals surface area contributed by atoms with Crippen molar-refractivity contribution in [1.29, 1.82) is 0 Å². The number of nitrogens with zero attached hydrogens (tertiary/aromatic N) is 1.